The fourth-order valence-electron chi connectivity index (χ4n) is 3.83. The lowest BCUT2D eigenvalue weighted by Gasteiger charge is -2.25. The van der Waals surface area contributed by atoms with Crippen molar-refractivity contribution in [1.82, 2.24) is 9.97 Å². The Hall–Kier alpha value is -3.82. The lowest BCUT2D eigenvalue weighted by atomic mass is 10.1. The Labute approximate surface area is 197 Å². The van der Waals surface area contributed by atoms with Crippen molar-refractivity contribution in [3.05, 3.63) is 89.7 Å². The third-order valence-electron chi connectivity index (χ3n) is 5.33. The maximum absolute atomic E-state index is 13.5. The van der Waals surface area contributed by atoms with E-state index in [4.69, 9.17) is 10.5 Å². The predicted octanol–water partition coefficient (Wildman–Crippen LogP) is 3.61. The van der Waals surface area contributed by atoms with Crippen LogP contribution in [-0.4, -0.2) is 37.7 Å². The number of aromatic nitrogens is 2. The van der Waals surface area contributed by atoms with Crippen LogP contribution >= 0.6 is 0 Å². The standard InChI is InChI=1S/C25H24N4O4S/c1-33-16-19-13-24(26)28-21-12-17(9-10-20(19)21)15-29(25(30)18-6-5-11-27-14-18)22-7-3-4-8-23(22)34(2,31)32/h3-14H,15-16H2,1-2H3,(H2,26,28). The van der Waals surface area contributed by atoms with Crippen LogP contribution in [0.2, 0.25) is 0 Å². The first-order valence-electron chi connectivity index (χ1n) is 10.5. The van der Waals surface area contributed by atoms with Crippen molar-refractivity contribution in [2.75, 3.05) is 24.0 Å². The van der Waals surface area contributed by atoms with Crippen LogP contribution in [0.15, 0.2) is 78.0 Å². The van der Waals surface area contributed by atoms with Crippen molar-refractivity contribution in [3.8, 4) is 0 Å². The minimum Gasteiger partial charge on any atom is -0.384 e. The molecule has 0 spiro atoms. The van der Waals surface area contributed by atoms with Crippen LogP contribution in [0.1, 0.15) is 21.5 Å². The number of para-hydroxylation sites is 1. The molecule has 2 aromatic carbocycles. The Morgan fingerprint density at radius 1 is 1.09 bits per heavy atom. The third-order valence-corrected chi connectivity index (χ3v) is 6.47. The molecule has 2 N–H and O–H groups in total. The number of carbonyl (C=O) groups is 1. The molecule has 0 aliphatic carbocycles. The number of pyridine rings is 2. The molecular weight excluding hydrogens is 452 g/mol. The quantitative estimate of drug-likeness (QED) is 0.433. The maximum Gasteiger partial charge on any atom is 0.260 e. The van der Waals surface area contributed by atoms with E-state index in [9.17, 15) is 13.2 Å². The molecule has 0 unspecified atom stereocenters. The fourth-order valence-corrected chi connectivity index (χ4v) is 4.71. The van der Waals surface area contributed by atoms with Crippen LogP contribution in [0.3, 0.4) is 0 Å². The zero-order valence-electron chi connectivity index (χ0n) is 18.8. The van der Waals surface area contributed by atoms with Crippen LogP contribution in [0, 0.1) is 0 Å². The summed E-state index contributed by atoms with van der Waals surface area (Å²) in [7, 11) is -1.98. The lowest BCUT2D eigenvalue weighted by molar-refractivity contribution is 0.0984. The summed E-state index contributed by atoms with van der Waals surface area (Å²) in [6, 6.07) is 17.2. The van der Waals surface area contributed by atoms with Gasteiger partial charge in [0.05, 0.1) is 34.8 Å². The molecule has 4 rings (SSSR count). The van der Waals surface area contributed by atoms with Gasteiger partial charge in [0.1, 0.15) is 5.82 Å². The van der Waals surface area contributed by atoms with Gasteiger partial charge in [-0.1, -0.05) is 24.3 Å². The van der Waals surface area contributed by atoms with E-state index in [1.54, 1.807) is 49.7 Å². The van der Waals surface area contributed by atoms with Crippen LogP contribution in [0.4, 0.5) is 11.5 Å². The summed E-state index contributed by atoms with van der Waals surface area (Å²) >= 11 is 0. The van der Waals surface area contributed by atoms with E-state index in [2.05, 4.69) is 9.97 Å². The van der Waals surface area contributed by atoms with Crippen molar-refractivity contribution in [1.29, 1.82) is 0 Å². The molecule has 0 saturated carbocycles. The van der Waals surface area contributed by atoms with E-state index in [0.717, 1.165) is 22.8 Å². The molecule has 174 valence electrons. The first-order valence-corrected chi connectivity index (χ1v) is 12.3. The van der Waals surface area contributed by atoms with Gasteiger partial charge in [-0.2, -0.15) is 0 Å². The molecule has 0 aliphatic heterocycles. The molecule has 1 amide bonds. The number of amides is 1. The molecule has 8 nitrogen and oxygen atoms in total. The molecule has 9 heteroatoms. The second-order valence-electron chi connectivity index (χ2n) is 7.86. The van der Waals surface area contributed by atoms with Crippen LogP contribution in [-0.2, 0) is 27.7 Å². The van der Waals surface area contributed by atoms with Gasteiger partial charge in [-0.05, 0) is 47.5 Å². The highest BCUT2D eigenvalue weighted by atomic mass is 32.2. The topological polar surface area (TPSA) is 115 Å². The molecule has 0 fully saturated rings. The van der Waals surface area contributed by atoms with Gasteiger partial charge in [-0.3, -0.25) is 9.78 Å². The SMILES string of the molecule is COCc1cc(N)nc2cc(CN(C(=O)c3cccnc3)c3ccccc3S(C)(=O)=O)ccc12. The number of hydrogen-bond acceptors (Lipinski definition) is 7. The number of benzene rings is 2. The number of nitrogens with zero attached hydrogens (tertiary/aromatic N) is 3. The number of anilines is 2. The highest BCUT2D eigenvalue weighted by Gasteiger charge is 2.24. The van der Waals surface area contributed by atoms with E-state index in [-0.39, 0.29) is 17.3 Å². The number of methoxy groups -OCH3 is 1. The van der Waals surface area contributed by atoms with Gasteiger partial charge in [-0.25, -0.2) is 13.4 Å². The van der Waals surface area contributed by atoms with Gasteiger partial charge in [0, 0.05) is 31.1 Å². The zero-order valence-corrected chi connectivity index (χ0v) is 19.6. The van der Waals surface area contributed by atoms with Crippen molar-refractivity contribution < 1.29 is 17.9 Å². The van der Waals surface area contributed by atoms with Crippen molar-refractivity contribution in [2.24, 2.45) is 0 Å². The van der Waals surface area contributed by atoms with E-state index < -0.39 is 9.84 Å². The van der Waals surface area contributed by atoms with Gasteiger partial charge >= 0.3 is 0 Å². The number of fused-ring (bicyclic) bond motifs is 1. The van der Waals surface area contributed by atoms with Gasteiger partial charge in [0.15, 0.2) is 9.84 Å². The highest BCUT2D eigenvalue weighted by Crippen LogP contribution is 2.29. The summed E-state index contributed by atoms with van der Waals surface area (Å²) in [5.41, 5.74) is 8.95. The van der Waals surface area contributed by atoms with E-state index in [1.165, 1.54) is 17.2 Å². The van der Waals surface area contributed by atoms with Crippen molar-refractivity contribution >= 4 is 38.2 Å². The average Bonchev–Trinajstić information content (AvgIpc) is 2.82. The number of hydrogen-bond donors (Lipinski definition) is 1. The fraction of sp³-hybridized carbons (Fsp3) is 0.160. The van der Waals surface area contributed by atoms with E-state index >= 15 is 0 Å². The zero-order chi connectivity index (χ0) is 24.3. The number of sulfone groups is 1. The van der Waals surface area contributed by atoms with Crippen LogP contribution in [0.5, 0.6) is 0 Å². The minimum atomic E-state index is -3.59. The maximum atomic E-state index is 13.5. The second-order valence-corrected chi connectivity index (χ2v) is 9.85. The van der Waals surface area contributed by atoms with Gasteiger partial charge < -0.3 is 15.4 Å². The Morgan fingerprint density at radius 3 is 2.59 bits per heavy atom. The van der Waals surface area contributed by atoms with Crippen LogP contribution in [0.25, 0.3) is 10.9 Å². The molecular formula is C25H24N4O4S. The largest absolute Gasteiger partial charge is 0.384 e. The Bertz CT molecular complexity index is 1460. The summed E-state index contributed by atoms with van der Waals surface area (Å²) in [4.78, 5) is 23.5. The first kappa shape index (κ1) is 23.3. The summed E-state index contributed by atoms with van der Waals surface area (Å²) in [6.07, 6.45) is 4.15. The summed E-state index contributed by atoms with van der Waals surface area (Å²) in [5.74, 6) is -0.00711. The molecule has 2 aromatic heterocycles. The molecule has 0 atom stereocenters. The number of carbonyl (C=O) groups excluding carboxylic acids is 1. The smallest absolute Gasteiger partial charge is 0.260 e. The molecule has 0 radical (unpaired) electrons. The third kappa shape index (κ3) is 4.90. The predicted molar refractivity (Wildman–Crippen MR) is 131 cm³/mol. The Morgan fingerprint density at radius 2 is 1.88 bits per heavy atom. The monoisotopic (exact) mass is 476 g/mol. The molecule has 2 heterocycles. The van der Waals surface area contributed by atoms with Gasteiger partial charge in [0.25, 0.3) is 5.91 Å². The summed E-state index contributed by atoms with van der Waals surface area (Å²) < 4.78 is 30.3. The van der Waals surface area contributed by atoms with Gasteiger partial charge in [0.2, 0.25) is 0 Å². The van der Waals surface area contributed by atoms with Gasteiger partial charge in [-0.15, -0.1) is 0 Å². The molecule has 0 bridgehead atoms. The number of ether oxygens (including phenoxy) is 1. The Balaban J connectivity index is 1.83. The number of nitrogen functional groups attached to an aromatic ring is 1. The minimum absolute atomic E-state index is 0.0674. The summed E-state index contributed by atoms with van der Waals surface area (Å²) in [5, 5.41) is 0.890. The average molecular weight is 477 g/mol. The summed E-state index contributed by atoms with van der Waals surface area (Å²) in [6.45, 7) is 0.502. The molecule has 0 saturated heterocycles. The van der Waals surface area contributed by atoms with Crippen molar-refractivity contribution in [2.45, 2.75) is 18.0 Å². The number of nitrogens with two attached hydrogens (primary N) is 1. The van der Waals surface area contributed by atoms with E-state index in [1.807, 2.05) is 18.2 Å². The molecule has 34 heavy (non-hydrogen) atoms. The number of rotatable bonds is 7. The van der Waals surface area contributed by atoms with Crippen LogP contribution < -0.4 is 10.6 Å². The molecule has 4 aromatic rings. The Kier molecular flexibility index (Phi) is 6.58. The first-order chi connectivity index (χ1) is 16.3. The lowest BCUT2D eigenvalue weighted by Crippen LogP contribution is -2.31. The highest BCUT2D eigenvalue weighted by molar-refractivity contribution is 7.90. The van der Waals surface area contributed by atoms with E-state index in [0.29, 0.717) is 29.2 Å². The second kappa shape index (κ2) is 9.58. The molecule has 0 aliphatic rings. The normalized spacial score (nSPS) is 11.5. The van der Waals surface area contributed by atoms with Crippen molar-refractivity contribution in [3.63, 3.8) is 0 Å².